The molecule has 11 heavy (non-hydrogen) atoms. The van der Waals surface area contributed by atoms with Gasteiger partial charge in [-0.05, 0) is 12.2 Å². The summed E-state index contributed by atoms with van der Waals surface area (Å²) in [5.41, 5.74) is 0.897. The highest BCUT2D eigenvalue weighted by molar-refractivity contribution is 7.33. The maximum absolute atomic E-state index is 5.31. The highest BCUT2D eigenvalue weighted by atomic mass is 31.1. The van der Waals surface area contributed by atoms with E-state index >= 15 is 0 Å². The monoisotopic (exact) mass is 163 g/mol. The Bertz CT molecular complexity index is 310. The number of rotatable bonds is 0. The van der Waals surface area contributed by atoms with Crippen molar-refractivity contribution in [3.63, 3.8) is 0 Å². The summed E-state index contributed by atoms with van der Waals surface area (Å²) in [6, 6.07) is 0. The van der Waals surface area contributed by atoms with Crippen LogP contribution in [0.2, 0.25) is 0 Å². The molecule has 2 nitrogen and oxygen atoms in total. The van der Waals surface area contributed by atoms with Crippen molar-refractivity contribution in [2.75, 3.05) is 0 Å². The van der Waals surface area contributed by atoms with Gasteiger partial charge >= 0.3 is 0 Å². The summed E-state index contributed by atoms with van der Waals surface area (Å²) < 4.78 is 5.31. The Morgan fingerprint density at radius 1 is 1.27 bits per heavy atom. The zero-order chi connectivity index (χ0) is 7.52. The van der Waals surface area contributed by atoms with Gasteiger partial charge in [-0.2, -0.15) is 0 Å². The lowest BCUT2D eigenvalue weighted by Gasteiger charge is -2.06. The summed E-state index contributed by atoms with van der Waals surface area (Å²) in [6.07, 6.45) is 9.68. The molecule has 1 heterocycles. The van der Waals surface area contributed by atoms with Crippen LogP contribution in [0.25, 0.3) is 0 Å². The van der Waals surface area contributed by atoms with Crippen LogP contribution in [-0.4, -0.2) is 11.6 Å². The maximum atomic E-state index is 5.31. The van der Waals surface area contributed by atoms with Gasteiger partial charge in [0.2, 0.25) is 0 Å². The van der Waals surface area contributed by atoms with E-state index in [1.165, 1.54) is 0 Å². The van der Waals surface area contributed by atoms with Gasteiger partial charge in [-0.15, -0.1) is 0 Å². The normalized spacial score (nSPS) is 21.1. The van der Waals surface area contributed by atoms with Crippen LogP contribution in [0.3, 0.4) is 0 Å². The quantitative estimate of drug-likeness (QED) is 0.501. The van der Waals surface area contributed by atoms with Gasteiger partial charge < -0.3 is 4.52 Å². The molecule has 0 saturated heterocycles. The number of fused-ring (bicyclic) bond motifs is 1. The molecule has 0 spiro atoms. The Labute approximate surface area is 66.5 Å². The molecule has 0 radical (unpaired) electrons. The van der Waals surface area contributed by atoms with Gasteiger partial charge in [-0.25, -0.2) is 4.99 Å². The lowest BCUT2D eigenvalue weighted by Crippen LogP contribution is -2.01. The first kappa shape index (κ1) is 6.56. The number of nitrogens with zero attached hydrogens (tertiary/aromatic N) is 1. The molecule has 54 valence electrons. The number of hydrogen-bond donors (Lipinski definition) is 0. The molecule has 0 fully saturated rings. The molecule has 0 aromatic heterocycles. The fourth-order valence-electron chi connectivity index (χ4n) is 0.871. The molecule has 0 bridgehead atoms. The van der Waals surface area contributed by atoms with Gasteiger partial charge in [0.05, 0.1) is 5.92 Å². The van der Waals surface area contributed by atoms with Crippen LogP contribution in [-0.2, 0) is 4.52 Å². The highest BCUT2D eigenvalue weighted by Gasteiger charge is 2.07. The van der Waals surface area contributed by atoms with Gasteiger partial charge in [0.25, 0.3) is 0 Å². The van der Waals surface area contributed by atoms with E-state index in [0.717, 1.165) is 19.9 Å². The summed E-state index contributed by atoms with van der Waals surface area (Å²) >= 11 is 0. The van der Waals surface area contributed by atoms with E-state index in [1.807, 2.05) is 30.4 Å². The summed E-state index contributed by atoms with van der Waals surface area (Å²) in [5, 5.41) is 0. The molecule has 1 aliphatic carbocycles. The molecule has 0 amide bonds. The summed E-state index contributed by atoms with van der Waals surface area (Å²) in [6.45, 7) is 0. The molecule has 2 rings (SSSR count). The average molecular weight is 163 g/mol. The molecule has 0 N–H and O–H groups in total. The van der Waals surface area contributed by atoms with E-state index in [9.17, 15) is 0 Å². The van der Waals surface area contributed by atoms with Crippen molar-refractivity contribution in [3.8, 4) is 0 Å². The lowest BCUT2D eigenvalue weighted by molar-refractivity contribution is 0.529. The van der Waals surface area contributed by atoms with Gasteiger partial charge in [-0.1, -0.05) is 18.2 Å². The minimum absolute atomic E-state index is 0.801. The smallest absolute Gasteiger partial charge is 0.157 e. The number of aliphatic imine (C=N–C) groups is 1. The first-order valence-corrected chi connectivity index (χ1v) is 4.17. The van der Waals surface area contributed by atoms with Crippen LogP contribution in [0.4, 0.5) is 0 Å². The predicted octanol–water partition coefficient (Wildman–Crippen LogP) is 2.09. The van der Waals surface area contributed by atoms with Gasteiger partial charge in [0.15, 0.2) is 5.76 Å². The van der Waals surface area contributed by atoms with Crippen molar-refractivity contribution < 1.29 is 4.52 Å². The maximum Gasteiger partial charge on any atom is 0.157 e. The number of hydrogen-bond acceptors (Lipinski definition) is 2. The fourth-order valence-corrected chi connectivity index (χ4v) is 1.36. The van der Waals surface area contributed by atoms with E-state index in [2.05, 4.69) is 4.99 Å². The third kappa shape index (κ3) is 1.31. The molecule has 0 aromatic carbocycles. The highest BCUT2D eigenvalue weighted by Crippen LogP contribution is 2.17. The Balaban J connectivity index is 2.44. The topological polar surface area (TPSA) is 21.6 Å². The largest absolute Gasteiger partial charge is 0.436 e. The van der Waals surface area contributed by atoms with Crippen molar-refractivity contribution >= 4 is 20.1 Å². The second kappa shape index (κ2) is 2.85. The van der Waals surface area contributed by atoms with Crippen molar-refractivity contribution in [1.82, 2.24) is 0 Å². The van der Waals surface area contributed by atoms with E-state index in [-0.39, 0.29) is 0 Å². The third-order valence-electron chi connectivity index (χ3n) is 1.37. The molecule has 3 heteroatoms. The summed E-state index contributed by atoms with van der Waals surface area (Å²) in [7, 11) is 0.801. The van der Waals surface area contributed by atoms with Gasteiger partial charge in [0.1, 0.15) is 14.1 Å². The third-order valence-corrected chi connectivity index (χ3v) is 1.88. The molecule has 1 aliphatic heterocycles. The van der Waals surface area contributed by atoms with Crippen LogP contribution in [0.1, 0.15) is 0 Å². The standard InChI is InChI=1S/C8H6NOP/c1-2-4-7-8(5-3-1)10-11-6-9-7/h1-6H. The fraction of sp³-hybridized carbons (Fsp3) is 0. The zero-order valence-corrected chi connectivity index (χ0v) is 6.66. The van der Waals surface area contributed by atoms with Crippen molar-refractivity contribution in [1.29, 1.82) is 0 Å². The Kier molecular flexibility index (Phi) is 1.70. The molecule has 0 atom stereocenters. The summed E-state index contributed by atoms with van der Waals surface area (Å²) in [5.74, 6) is 2.58. The first-order chi connectivity index (χ1) is 5.47. The Hall–Kier alpha value is -1.14. The molecule has 2 aliphatic rings. The van der Waals surface area contributed by atoms with Crippen molar-refractivity contribution in [2.24, 2.45) is 4.99 Å². The van der Waals surface area contributed by atoms with Crippen LogP contribution in [0.15, 0.2) is 41.1 Å². The molecule has 0 saturated carbocycles. The van der Waals surface area contributed by atoms with Crippen molar-refractivity contribution in [2.45, 2.75) is 0 Å². The van der Waals surface area contributed by atoms with E-state index in [1.54, 1.807) is 5.92 Å². The predicted molar refractivity (Wildman–Crippen MR) is 47.9 cm³/mol. The second-order valence-electron chi connectivity index (χ2n) is 2.10. The van der Waals surface area contributed by atoms with Crippen LogP contribution in [0.5, 0.6) is 0 Å². The summed E-state index contributed by atoms with van der Waals surface area (Å²) in [4.78, 5) is 4.17. The second-order valence-corrected chi connectivity index (χ2v) is 2.73. The average Bonchev–Trinajstić information content (AvgIpc) is 2.28. The molecular weight excluding hydrogens is 157 g/mol. The van der Waals surface area contributed by atoms with Crippen LogP contribution < -0.4 is 0 Å². The Morgan fingerprint density at radius 2 is 2.27 bits per heavy atom. The van der Waals surface area contributed by atoms with Crippen LogP contribution in [0, 0.1) is 0 Å². The van der Waals surface area contributed by atoms with Gasteiger partial charge in [0, 0.05) is 0 Å². The number of allylic oxidation sites excluding steroid dienone is 5. The van der Waals surface area contributed by atoms with E-state index in [0.29, 0.717) is 0 Å². The van der Waals surface area contributed by atoms with E-state index < -0.39 is 0 Å². The molecular formula is C8H6NOP. The Morgan fingerprint density at radius 3 is 3.27 bits per heavy atom. The molecule has 0 aromatic rings. The minimum atomic E-state index is 0.801. The zero-order valence-electron chi connectivity index (χ0n) is 5.77. The first-order valence-electron chi connectivity index (χ1n) is 3.29. The van der Waals surface area contributed by atoms with E-state index in [4.69, 9.17) is 4.52 Å². The van der Waals surface area contributed by atoms with Crippen LogP contribution >= 0.6 is 8.43 Å². The SMILES string of the molecule is C1=CC=C2OP=CN=C2C=C1. The van der Waals surface area contributed by atoms with Crippen molar-refractivity contribution in [3.05, 3.63) is 36.1 Å². The molecule has 0 unspecified atom stereocenters. The van der Waals surface area contributed by atoms with Gasteiger partial charge in [-0.3, -0.25) is 0 Å². The lowest BCUT2D eigenvalue weighted by atomic mass is 10.3. The minimum Gasteiger partial charge on any atom is -0.436 e.